The van der Waals surface area contributed by atoms with Gasteiger partial charge in [0.2, 0.25) is 0 Å². The molecule has 6 nitrogen and oxygen atoms in total. The summed E-state index contributed by atoms with van der Waals surface area (Å²) in [6, 6.07) is 19.8. The van der Waals surface area contributed by atoms with Gasteiger partial charge in [0, 0.05) is 10.4 Å². The molecule has 0 unspecified atom stereocenters. The minimum atomic E-state index is -1.01. The molecule has 10 heteroatoms. The van der Waals surface area contributed by atoms with E-state index in [0.717, 1.165) is 24.3 Å². The number of halogens is 4. The Morgan fingerprint density at radius 3 is 1.36 bits per heavy atom. The van der Waals surface area contributed by atoms with Gasteiger partial charge in [-0.1, -0.05) is 36.4 Å². The van der Waals surface area contributed by atoms with Crippen LogP contribution in [0.15, 0.2) is 60.7 Å². The Morgan fingerprint density at radius 1 is 0.580 bits per heavy atom. The van der Waals surface area contributed by atoms with E-state index in [1.807, 2.05) is 12.1 Å². The lowest BCUT2D eigenvalue weighted by molar-refractivity contribution is 0.577. The average Bonchev–Trinajstić information content (AvgIpc) is 3.67. The number of hydrogen-bond acceptors (Lipinski definition) is 3. The van der Waals surface area contributed by atoms with Crippen LogP contribution in [0, 0.1) is 77.0 Å². The van der Waals surface area contributed by atoms with E-state index in [0.29, 0.717) is 66.1 Å². The minimum absolute atomic E-state index is 0.159. The van der Waals surface area contributed by atoms with Crippen LogP contribution in [0.3, 0.4) is 0 Å². The zero-order chi connectivity index (χ0) is 35.4. The second-order valence-electron chi connectivity index (χ2n) is 11.5. The van der Waals surface area contributed by atoms with Crippen molar-refractivity contribution in [2.24, 2.45) is 0 Å². The molecule has 0 spiro atoms. The molecular weight excluding hydrogens is 640 g/mol. The van der Waals surface area contributed by atoms with Gasteiger partial charge in [-0.25, -0.2) is 42.6 Å². The highest BCUT2D eigenvalue weighted by Gasteiger charge is 2.32. The molecule has 0 fully saturated rings. The van der Waals surface area contributed by atoms with Crippen molar-refractivity contribution in [2.75, 3.05) is 0 Å². The number of benzene rings is 5. The van der Waals surface area contributed by atoms with E-state index >= 15 is 0 Å². The van der Waals surface area contributed by atoms with Gasteiger partial charge in [0.1, 0.15) is 34.9 Å². The van der Waals surface area contributed by atoms with Crippen molar-refractivity contribution in [1.82, 2.24) is 0 Å². The Morgan fingerprint density at radius 2 is 1.00 bits per heavy atom. The molecule has 2 aliphatic rings. The van der Waals surface area contributed by atoms with Crippen LogP contribution in [0.5, 0.6) is 0 Å². The summed E-state index contributed by atoms with van der Waals surface area (Å²) >= 11 is 0. The SMILES string of the molecule is [C-]#[N+]/C(C#N)=c1/c2c(/c(=C(\C#N)[N+]#[C-])c3c1-c1ccc(-c4cc(F)c([N+]#[C-])c(F)c4)cc1C3)-c1ccc(-c3cc(F)c(C#N)c(F)c3)cc1C2. The van der Waals surface area contributed by atoms with Crippen molar-refractivity contribution in [1.29, 1.82) is 15.8 Å². The first-order valence-electron chi connectivity index (χ1n) is 14.7. The molecule has 0 radical (unpaired) electrons. The molecule has 0 saturated heterocycles. The van der Waals surface area contributed by atoms with E-state index in [-0.39, 0.29) is 35.4 Å². The molecule has 5 aromatic rings. The van der Waals surface area contributed by atoms with Crippen molar-refractivity contribution < 1.29 is 17.6 Å². The van der Waals surface area contributed by atoms with Crippen LogP contribution in [-0.2, 0) is 12.8 Å². The Bertz CT molecular complexity index is 2560. The second-order valence-corrected chi connectivity index (χ2v) is 11.5. The fourth-order valence-electron chi connectivity index (χ4n) is 6.99. The van der Waals surface area contributed by atoms with Gasteiger partial charge in [0.05, 0.1) is 31.9 Å². The monoisotopic (exact) mass is 654 g/mol. The predicted molar refractivity (Wildman–Crippen MR) is 175 cm³/mol. The molecule has 0 amide bonds. The Labute approximate surface area is 282 Å². The van der Waals surface area contributed by atoms with Gasteiger partial charge in [-0.15, -0.1) is 0 Å². The molecule has 0 atom stereocenters. The highest BCUT2D eigenvalue weighted by molar-refractivity contribution is 5.93. The molecule has 2 aliphatic carbocycles. The summed E-state index contributed by atoms with van der Waals surface area (Å²) in [5.74, 6) is -4.04. The number of nitrogens with zero attached hydrogens (tertiary/aromatic N) is 6. The summed E-state index contributed by atoms with van der Waals surface area (Å²) < 4.78 is 58.2. The molecular formula is C40H14F4N6. The Balaban J connectivity index is 1.50. The van der Waals surface area contributed by atoms with Crippen LogP contribution in [0.1, 0.15) is 27.8 Å². The lowest BCUT2D eigenvalue weighted by atomic mass is 9.90. The van der Waals surface area contributed by atoms with Crippen LogP contribution >= 0.6 is 0 Å². The van der Waals surface area contributed by atoms with Crippen molar-refractivity contribution in [2.45, 2.75) is 12.8 Å². The van der Waals surface area contributed by atoms with E-state index in [4.69, 9.17) is 25.0 Å². The Kier molecular flexibility index (Phi) is 7.24. The largest absolute Gasteiger partial charge is 0.269 e. The first-order chi connectivity index (χ1) is 24.2. The maximum Gasteiger partial charge on any atom is 0.269 e. The highest BCUT2D eigenvalue weighted by atomic mass is 19.1. The molecule has 0 aliphatic heterocycles. The maximum absolute atomic E-state index is 14.5. The quantitative estimate of drug-likeness (QED) is 0.139. The first-order valence-corrected chi connectivity index (χ1v) is 14.7. The second kappa shape index (κ2) is 11.6. The van der Waals surface area contributed by atoms with Crippen LogP contribution in [0.25, 0.3) is 70.4 Å². The lowest BCUT2D eigenvalue weighted by Crippen LogP contribution is -2.25. The third-order valence-electron chi connectivity index (χ3n) is 9.05. The Hall–Kier alpha value is -7.50. The normalized spacial score (nSPS) is 12.8. The number of rotatable bonds is 2. The van der Waals surface area contributed by atoms with Crippen LogP contribution in [0.2, 0.25) is 0 Å². The zero-order valence-electron chi connectivity index (χ0n) is 25.4. The van der Waals surface area contributed by atoms with Gasteiger partial charge in [-0.3, -0.25) is 0 Å². The fourth-order valence-corrected chi connectivity index (χ4v) is 6.99. The van der Waals surface area contributed by atoms with E-state index in [9.17, 15) is 28.1 Å². The summed E-state index contributed by atoms with van der Waals surface area (Å²) in [5.41, 5.74) is 4.02. The van der Waals surface area contributed by atoms with Crippen LogP contribution in [0.4, 0.5) is 23.2 Å². The lowest BCUT2D eigenvalue weighted by Gasteiger charge is -2.13. The van der Waals surface area contributed by atoms with Gasteiger partial charge < -0.3 is 0 Å². The standard InChI is InChI=1S/C40H14F4N6/c1-48-34(17-46)38-27-10-23-8-19(21-12-30(41)29(16-45)31(42)13-21)4-6-25(23)36(27)39(35(18-47)49-2)28-11-24-9-20(5-7-26(24)37(28)38)22-14-32(43)40(50-3)33(44)15-22/h4-9,12-15H,10-11H2/b38-34-,39-35+. The molecule has 7 rings (SSSR count). The summed E-state index contributed by atoms with van der Waals surface area (Å²) in [5, 5.41) is 30.1. The number of nitriles is 3. The molecule has 0 bridgehead atoms. The van der Waals surface area contributed by atoms with Gasteiger partial charge >= 0.3 is 0 Å². The molecule has 0 N–H and O–H groups in total. The average molecular weight is 655 g/mol. The molecule has 50 heavy (non-hydrogen) atoms. The van der Waals surface area contributed by atoms with Gasteiger partial charge in [0.15, 0.2) is 0 Å². The van der Waals surface area contributed by atoms with Crippen molar-refractivity contribution in [3.05, 3.63) is 156 Å². The van der Waals surface area contributed by atoms with E-state index < -0.39 is 34.5 Å². The molecule has 0 saturated carbocycles. The minimum Gasteiger partial charge on any atom is -0.232 e. The van der Waals surface area contributed by atoms with Gasteiger partial charge in [-0.05, 0) is 104 Å². The third-order valence-corrected chi connectivity index (χ3v) is 9.05. The highest BCUT2D eigenvalue weighted by Crippen LogP contribution is 2.43. The molecule has 0 aromatic heterocycles. The summed E-state index contributed by atoms with van der Waals surface area (Å²) in [7, 11) is 0. The van der Waals surface area contributed by atoms with Crippen molar-refractivity contribution in [3.8, 4) is 62.7 Å². The number of fused-ring (bicyclic) bond motifs is 6. The van der Waals surface area contributed by atoms with E-state index in [1.165, 1.54) is 6.07 Å². The van der Waals surface area contributed by atoms with E-state index in [2.05, 4.69) is 14.5 Å². The maximum atomic E-state index is 14.5. The fraction of sp³-hybridized carbons (Fsp3) is 0.0500. The zero-order valence-corrected chi connectivity index (χ0v) is 25.4. The van der Waals surface area contributed by atoms with Crippen molar-refractivity contribution >= 4 is 17.1 Å². The van der Waals surface area contributed by atoms with Gasteiger partial charge in [0.25, 0.3) is 17.1 Å². The first kappa shape index (κ1) is 31.1. The number of hydrogen-bond donors (Lipinski definition) is 0. The molecule has 232 valence electrons. The summed E-state index contributed by atoms with van der Waals surface area (Å²) in [4.78, 5) is 9.99. The molecule has 5 aromatic carbocycles. The predicted octanol–water partition coefficient (Wildman–Crippen LogP) is 8.24. The van der Waals surface area contributed by atoms with Crippen LogP contribution < -0.4 is 10.4 Å². The molecule has 0 heterocycles. The third kappa shape index (κ3) is 4.50. The topological polar surface area (TPSA) is 84.4 Å². The van der Waals surface area contributed by atoms with Crippen LogP contribution in [-0.4, -0.2) is 0 Å². The summed E-state index contributed by atoms with van der Waals surface area (Å²) in [6.45, 7) is 22.8. The van der Waals surface area contributed by atoms with Gasteiger partial charge in [-0.2, -0.15) is 5.26 Å². The smallest absolute Gasteiger partial charge is 0.232 e. The summed E-state index contributed by atoms with van der Waals surface area (Å²) in [6.07, 6.45) is 0.319. The van der Waals surface area contributed by atoms with Crippen molar-refractivity contribution in [3.63, 3.8) is 0 Å². The van der Waals surface area contributed by atoms with E-state index in [1.54, 1.807) is 36.4 Å².